The van der Waals surface area contributed by atoms with E-state index in [4.69, 9.17) is 11.6 Å². The molecule has 0 amide bonds. The lowest BCUT2D eigenvalue weighted by atomic mass is 10.0. The van der Waals surface area contributed by atoms with Crippen LogP contribution in [0.1, 0.15) is 43.7 Å². The molecule has 0 radical (unpaired) electrons. The van der Waals surface area contributed by atoms with Crippen LogP contribution in [0.5, 0.6) is 0 Å². The topological polar surface area (TPSA) is 37.8 Å². The molecule has 2 aromatic rings. The number of aromatic nitrogens is 2. The molecular formula is C15H20ClN3S. The maximum atomic E-state index is 6.21. The van der Waals surface area contributed by atoms with Crippen molar-refractivity contribution in [3.05, 3.63) is 39.4 Å². The molecule has 0 fully saturated rings. The van der Waals surface area contributed by atoms with Crippen LogP contribution in [0.15, 0.2) is 23.8 Å². The van der Waals surface area contributed by atoms with Crippen molar-refractivity contribution in [1.82, 2.24) is 9.97 Å². The molecule has 0 aliphatic carbocycles. The molecule has 0 saturated carbocycles. The van der Waals surface area contributed by atoms with E-state index in [2.05, 4.69) is 53.6 Å². The standard InChI is InChI=1S/C15H20ClN3S/c1-4-6-11-14(16)17-9-18-15(11)19-13(10(2)3)12-7-5-8-20-12/h5,7-10,13H,4,6H2,1-3H3,(H,17,18,19). The molecule has 20 heavy (non-hydrogen) atoms. The maximum Gasteiger partial charge on any atom is 0.137 e. The van der Waals surface area contributed by atoms with Crippen LogP contribution in [0.2, 0.25) is 5.15 Å². The molecule has 1 unspecified atom stereocenters. The predicted octanol–water partition coefficient (Wildman–Crippen LogP) is 4.95. The van der Waals surface area contributed by atoms with Crippen LogP contribution < -0.4 is 5.32 Å². The molecule has 1 N–H and O–H groups in total. The van der Waals surface area contributed by atoms with Gasteiger partial charge in [0.05, 0.1) is 6.04 Å². The molecule has 0 aromatic carbocycles. The van der Waals surface area contributed by atoms with Gasteiger partial charge < -0.3 is 5.32 Å². The van der Waals surface area contributed by atoms with Crippen molar-refractivity contribution in [2.24, 2.45) is 5.92 Å². The van der Waals surface area contributed by atoms with Crippen molar-refractivity contribution in [1.29, 1.82) is 0 Å². The van der Waals surface area contributed by atoms with Gasteiger partial charge >= 0.3 is 0 Å². The maximum absolute atomic E-state index is 6.21. The minimum atomic E-state index is 0.247. The molecule has 108 valence electrons. The Bertz CT molecular complexity index is 540. The first-order valence-corrected chi connectivity index (χ1v) is 8.18. The summed E-state index contributed by atoms with van der Waals surface area (Å²) in [7, 11) is 0. The zero-order chi connectivity index (χ0) is 14.5. The Morgan fingerprint density at radius 1 is 1.35 bits per heavy atom. The Morgan fingerprint density at radius 3 is 2.75 bits per heavy atom. The summed E-state index contributed by atoms with van der Waals surface area (Å²) in [6, 6.07) is 4.48. The molecule has 2 heterocycles. The van der Waals surface area contributed by atoms with Crippen molar-refractivity contribution >= 4 is 28.8 Å². The second kappa shape index (κ2) is 7.04. The molecule has 0 bridgehead atoms. The summed E-state index contributed by atoms with van der Waals surface area (Å²) >= 11 is 7.97. The molecule has 0 aliphatic heterocycles. The summed E-state index contributed by atoms with van der Waals surface area (Å²) in [6.45, 7) is 6.55. The van der Waals surface area contributed by atoms with Crippen LogP contribution in [0.25, 0.3) is 0 Å². The number of anilines is 1. The highest BCUT2D eigenvalue weighted by Gasteiger charge is 2.19. The fourth-order valence-corrected chi connectivity index (χ4v) is 3.35. The molecule has 2 rings (SSSR count). The normalized spacial score (nSPS) is 12.7. The van der Waals surface area contributed by atoms with Crippen molar-refractivity contribution < 1.29 is 0 Å². The molecule has 0 saturated heterocycles. The van der Waals surface area contributed by atoms with Crippen LogP contribution in [0.4, 0.5) is 5.82 Å². The number of hydrogen-bond acceptors (Lipinski definition) is 4. The molecule has 0 aliphatic rings. The zero-order valence-corrected chi connectivity index (χ0v) is 13.6. The third kappa shape index (κ3) is 3.49. The Kier molecular flexibility index (Phi) is 5.38. The molecule has 2 aromatic heterocycles. The largest absolute Gasteiger partial charge is 0.362 e. The average Bonchev–Trinajstić information content (AvgIpc) is 2.92. The number of thiophene rings is 1. The van der Waals surface area contributed by atoms with Gasteiger partial charge in [-0.05, 0) is 23.8 Å². The first-order valence-electron chi connectivity index (χ1n) is 6.92. The SMILES string of the molecule is CCCc1c(Cl)ncnc1NC(c1cccs1)C(C)C. The summed E-state index contributed by atoms with van der Waals surface area (Å²) < 4.78 is 0. The number of rotatable bonds is 6. The highest BCUT2D eigenvalue weighted by molar-refractivity contribution is 7.10. The van der Waals surface area contributed by atoms with E-state index in [0.29, 0.717) is 11.1 Å². The zero-order valence-electron chi connectivity index (χ0n) is 12.1. The van der Waals surface area contributed by atoms with Gasteiger partial charge in [-0.15, -0.1) is 11.3 Å². The predicted molar refractivity (Wildman–Crippen MR) is 86.6 cm³/mol. The van der Waals surface area contributed by atoms with E-state index in [-0.39, 0.29) is 6.04 Å². The third-order valence-electron chi connectivity index (χ3n) is 3.20. The average molecular weight is 310 g/mol. The molecule has 0 spiro atoms. The molecule has 5 heteroatoms. The van der Waals surface area contributed by atoms with Gasteiger partial charge in [-0.1, -0.05) is 44.9 Å². The van der Waals surface area contributed by atoms with Crippen molar-refractivity contribution in [3.8, 4) is 0 Å². The first kappa shape index (κ1) is 15.3. The van der Waals surface area contributed by atoms with E-state index in [9.17, 15) is 0 Å². The molecular weight excluding hydrogens is 290 g/mol. The van der Waals surface area contributed by atoms with E-state index in [1.807, 2.05) is 0 Å². The lowest BCUT2D eigenvalue weighted by Crippen LogP contribution is -2.18. The highest BCUT2D eigenvalue weighted by atomic mass is 35.5. The van der Waals surface area contributed by atoms with Crippen LogP contribution in [-0.4, -0.2) is 9.97 Å². The number of halogens is 1. The van der Waals surface area contributed by atoms with Crippen LogP contribution in [0, 0.1) is 5.92 Å². The monoisotopic (exact) mass is 309 g/mol. The number of hydrogen-bond donors (Lipinski definition) is 1. The quantitative estimate of drug-likeness (QED) is 0.767. The van der Waals surface area contributed by atoms with Gasteiger partial charge in [0.2, 0.25) is 0 Å². The van der Waals surface area contributed by atoms with Crippen LogP contribution in [0.3, 0.4) is 0 Å². The number of nitrogens with one attached hydrogen (secondary N) is 1. The van der Waals surface area contributed by atoms with Gasteiger partial charge in [0.15, 0.2) is 0 Å². The minimum absolute atomic E-state index is 0.247. The fraction of sp³-hybridized carbons (Fsp3) is 0.467. The van der Waals surface area contributed by atoms with Gasteiger partial charge in [0, 0.05) is 10.4 Å². The van der Waals surface area contributed by atoms with Gasteiger partial charge in [-0.3, -0.25) is 0 Å². The Labute approximate surface area is 129 Å². The van der Waals surface area contributed by atoms with Gasteiger partial charge in [0.25, 0.3) is 0 Å². The second-order valence-electron chi connectivity index (χ2n) is 5.12. The molecule has 3 nitrogen and oxygen atoms in total. The van der Waals surface area contributed by atoms with Crippen LogP contribution in [-0.2, 0) is 6.42 Å². The first-order chi connectivity index (χ1) is 9.63. The smallest absolute Gasteiger partial charge is 0.137 e. The molecule has 1 atom stereocenters. The summed E-state index contributed by atoms with van der Waals surface area (Å²) in [4.78, 5) is 9.80. The Balaban J connectivity index is 2.29. The Morgan fingerprint density at radius 2 is 2.15 bits per heavy atom. The number of nitrogens with zero attached hydrogens (tertiary/aromatic N) is 2. The van der Waals surface area contributed by atoms with E-state index >= 15 is 0 Å². The highest BCUT2D eigenvalue weighted by Crippen LogP contribution is 2.31. The van der Waals surface area contributed by atoms with Gasteiger partial charge in [-0.2, -0.15) is 0 Å². The Hall–Kier alpha value is -1.13. The fourth-order valence-electron chi connectivity index (χ4n) is 2.17. The lowest BCUT2D eigenvalue weighted by Gasteiger charge is -2.23. The summed E-state index contributed by atoms with van der Waals surface area (Å²) in [5.41, 5.74) is 1.01. The summed E-state index contributed by atoms with van der Waals surface area (Å²) in [6.07, 6.45) is 3.43. The second-order valence-corrected chi connectivity index (χ2v) is 6.46. The van der Waals surface area contributed by atoms with Crippen molar-refractivity contribution in [2.75, 3.05) is 5.32 Å². The third-order valence-corrected chi connectivity index (χ3v) is 4.48. The van der Waals surface area contributed by atoms with E-state index in [1.165, 1.54) is 11.2 Å². The van der Waals surface area contributed by atoms with Crippen LogP contribution >= 0.6 is 22.9 Å². The van der Waals surface area contributed by atoms with Crippen molar-refractivity contribution in [2.45, 2.75) is 39.7 Å². The lowest BCUT2D eigenvalue weighted by molar-refractivity contribution is 0.551. The van der Waals surface area contributed by atoms with Gasteiger partial charge in [-0.25, -0.2) is 9.97 Å². The minimum Gasteiger partial charge on any atom is -0.362 e. The van der Waals surface area contributed by atoms with Crippen molar-refractivity contribution in [3.63, 3.8) is 0 Å². The van der Waals surface area contributed by atoms with E-state index in [0.717, 1.165) is 24.2 Å². The van der Waals surface area contributed by atoms with Gasteiger partial charge in [0.1, 0.15) is 17.3 Å². The summed E-state index contributed by atoms with van der Waals surface area (Å²) in [5.74, 6) is 1.33. The van der Waals surface area contributed by atoms with E-state index < -0.39 is 0 Å². The summed E-state index contributed by atoms with van der Waals surface area (Å²) in [5, 5.41) is 6.21. The van der Waals surface area contributed by atoms with E-state index in [1.54, 1.807) is 11.3 Å².